The number of anilines is 3. The Bertz CT molecular complexity index is 956. The molecule has 5 nitrogen and oxygen atoms in total. The molecule has 130 valence electrons. The highest BCUT2D eigenvalue weighted by Crippen LogP contribution is 2.31. The molecule has 0 aliphatic carbocycles. The first-order chi connectivity index (χ1) is 12.0. The van der Waals surface area contributed by atoms with Crippen molar-refractivity contribution in [3.8, 4) is 5.75 Å². The van der Waals surface area contributed by atoms with Crippen molar-refractivity contribution >= 4 is 50.0 Å². The Morgan fingerprint density at radius 3 is 2.40 bits per heavy atom. The normalized spacial score (nSPS) is 11.1. The minimum Gasteiger partial charge on any atom is -0.495 e. The maximum absolute atomic E-state index is 12.2. The first-order valence-electron chi connectivity index (χ1n) is 7.25. The van der Waals surface area contributed by atoms with Crippen LogP contribution in [0.2, 0.25) is 5.02 Å². The van der Waals surface area contributed by atoms with Gasteiger partial charge in [-0.25, -0.2) is 8.42 Å². The summed E-state index contributed by atoms with van der Waals surface area (Å²) < 4.78 is 32.5. The highest BCUT2D eigenvalue weighted by atomic mass is 35.5. The van der Waals surface area contributed by atoms with E-state index in [-0.39, 0.29) is 4.21 Å². The molecule has 0 unspecified atom stereocenters. The van der Waals surface area contributed by atoms with Gasteiger partial charge in [0.05, 0.1) is 12.8 Å². The van der Waals surface area contributed by atoms with Gasteiger partial charge in [-0.1, -0.05) is 17.7 Å². The molecule has 0 bridgehead atoms. The van der Waals surface area contributed by atoms with E-state index in [9.17, 15) is 8.42 Å². The molecular weight excluding hydrogens is 380 g/mol. The zero-order valence-electron chi connectivity index (χ0n) is 13.2. The van der Waals surface area contributed by atoms with Gasteiger partial charge in [0.1, 0.15) is 9.96 Å². The van der Waals surface area contributed by atoms with Crippen LogP contribution in [0.25, 0.3) is 0 Å². The second kappa shape index (κ2) is 7.35. The van der Waals surface area contributed by atoms with Gasteiger partial charge in [-0.3, -0.25) is 4.72 Å². The van der Waals surface area contributed by atoms with Crippen LogP contribution in [-0.2, 0) is 10.0 Å². The minimum absolute atomic E-state index is 0.276. The summed E-state index contributed by atoms with van der Waals surface area (Å²) in [5.74, 6) is 0.659. The smallest absolute Gasteiger partial charge is 0.271 e. The van der Waals surface area contributed by atoms with E-state index < -0.39 is 10.0 Å². The van der Waals surface area contributed by atoms with Gasteiger partial charge in [-0.15, -0.1) is 11.3 Å². The highest BCUT2D eigenvalue weighted by Gasteiger charge is 2.15. The first-order valence-corrected chi connectivity index (χ1v) is 9.99. The molecule has 0 spiro atoms. The summed E-state index contributed by atoms with van der Waals surface area (Å²) in [6, 6.07) is 15.4. The van der Waals surface area contributed by atoms with Crippen molar-refractivity contribution in [2.45, 2.75) is 4.21 Å². The fourth-order valence-corrected chi connectivity index (χ4v) is 4.40. The number of hydrogen-bond acceptors (Lipinski definition) is 5. The summed E-state index contributed by atoms with van der Waals surface area (Å²) in [4.78, 5) is 0. The summed E-state index contributed by atoms with van der Waals surface area (Å²) in [6.07, 6.45) is 0. The SMILES string of the molecule is COc1ccc(Cl)cc1Nc1ccc(NS(=O)(=O)c2cccs2)cc1. The molecule has 2 aromatic carbocycles. The zero-order chi connectivity index (χ0) is 17.9. The summed E-state index contributed by atoms with van der Waals surface area (Å²) >= 11 is 7.19. The van der Waals surface area contributed by atoms with Crippen LogP contribution in [0.15, 0.2) is 64.2 Å². The number of nitrogens with one attached hydrogen (secondary N) is 2. The second-order valence-corrected chi connectivity index (χ2v) is 8.38. The summed E-state index contributed by atoms with van der Waals surface area (Å²) in [5, 5.41) is 5.51. The molecular formula is C17H15ClN2O3S2. The van der Waals surface area contributed by atoms with E-state index in [0.717, 1.165) is 11.4 Å². The van der Waals surface area contributed by atoms with Gasteiger partial charge in [0, 0.05) is 16.4 Å². The number of sulfonamides is 1. The van der Waals surface area contributed by atoms with Crippen molar-refractivity contribution in [1.82, 2.24) is 0 Å². The van der Waals surface area contributed by atoms with Crippen LogP contribution in [0.5, 0.6) is 5.75 Å². The molecule has 25 heavy (non-hydrogen) atoms. The molecule has 0 saturated carbocycles. The molecule has 3 rings (SSSR count). The third-order valence-corrected chi connectivity index (χ3v) is 6.35. The topological polar surface area (TPSA) is 67.4 Å². The number of hydrogen-bond donors (Lipinski definition) is 2. The van der Waals surface area contributed by atoms with Gasteiger partial charge in [0.2, 0.25) is 0 Å². The van der Waals surface area contributed by atoms with E-state index in [1.807, 2.05) is 0 Å². The zero-order valence-corrected chi connectivity index (χ0v) is 15.6. The van der Waals surface area contributed by atoms with Crippen LogP contribution in [0.1, 0.15) is 0 Å². The monoisotopic (exact) mass is 394 g/mol. The fourth-order valence-electron chi connectivity index (χ4n) is 2.18. The van der Waals surface area contributed by atoms with Crippen LogP contribution in [0.3, 0.4) is 0 Å². The Morgan fingerprint density at radius 2 is 1.76 bits per heavy atom. The van der Waals surface area contributed by atoms with Crippen LogP contribution in [-0.4, -0.2) is 15.5 Å². The van der Waals surface area contributed by atoms with Gasteiger partial charge >= 0.3 is 0 Å². The fraction of sp³-hybridized carbons (Fsp3) is 0.0588. The van der Waals surface area contributed by atoms with Gasteiger partial charge < -0.3 is 10.1 Å². The first kappa shape index (κ1) is 17.6. The Hall–Kier alpha value is -2.22. The third kappa shape index (κ3) is 4.25. The molecule has 3 aromatic rings. The minimum atomic E-state index is -3.55. The van der Waals surface area contributed by atoms with Gasteiger partial charge in [-0.05, 0) is 53.9 Å². The molecule has 2 N–H and O–H groups in total. The average molecular weight is 395 g/mol. The number of rotatable bonds is 6. The molecule has 0 saturated heterocycles. The lowest BCUT2D eigenvalue weighted by atomic mass is 10.2. The number of thiophene rings is 1. The number of benzene rings is 2. The lowest BCUT2D eigenvalue weighted by molar-refractivity contribution is 0.417. The van der Waals surface area contributed by atoms with Crippen LogP contribution >= 0.6 is 22.9 Å². The van der Waals surface area contributed by atoms with Crippen LogP contribution in [0.4, 0.5) is 17.1 Å². The standard InChI is InChI=1S/C17H15ClN2O3S2/c1-23-16-9-4-12(18)11-15(16)19-13-5-7-14(8-6-13)20-25(21,22)17-3-2-10-24-17/h2-11,19-20H,1H3. The summed E-state index contributed by atoms with van der Waals surface area (Å²) in [5.41, 5.74) is 1.98. The van der Waals surface area contributed by atoms with Crippen molar-refractivity contribution in [1.29, 1.82) is 0 Å². The highest BCUT2D eigenvalue weighted by molar-refractivity contribution is 7.94. The Balaban J connectivity index is 1.76. The maximum atomic E-state index is 12.2. The lowest BCUT2D eigenvalue weighted by Crippen LogP contribution is -2.11. The Labute approximate surface area is 155 Å². The van der Waals surface area contributed by atoms with Gasteiger partial charge in [-0.2, -0.15) is 0 Å². The Kier molecular flexibility index (Phi) is 5.17. The number of methoxy groups -OCH3 is 1. The van der Waals surface area contributed by atoms with Gasteiger partial charge in [0.25, 0.3) is 10.0 Å². The van der Waals surface area contributed by atoms with E-state index in [4.69, 9.17) is 16.3 Å². The molecule has 8 heteroatoms. The van der Waals surface area contributed by atoms with Crippen LogP contribution < -0.4 is 14.8 Å². The van der Waals surface area contributed by atoms with Crippen molar-refractivity contribution in [2.75, 3.05) is 17.1 Å². The second-order valence-electron chi connectivity index (χ2n) is 5.08. The molecule has 1 aromatic heterocycles. The molecule has 1 heterocycles. The van der Waals surface area contributed by atoms with E-state index in [1.165, 1.54) is 11.3 Å². The van der Waals surface area contributed by atoms with Crippen LogP contribution in [0, 0.1) is 0 Å². The molecule has 0 fully saturated rings. The molecule has 0 radical (unpaired) electrons. The predicted octanol–water partition coefficient (Wildman–Crippen LogP) is 4.95. The van der Waals surface area contributed by atoms with Crippen molar-refractivity contribution in [3.63, 3.8) is 0 Å². The van der Waals surface area contributed by atoms with E-state index in [0.29, 0.717) is 16.5 Å². The van der Waals surface area contributed by atoms with Crippen molar-refractivity contribution in [2.24, 2.45) is 0 Å². The summed E-state index contributed by atoms with van der Waals surface area (Å²) in [7, 11) is -1.97. The lowest BCUT2D eigenvalue weighted by Gasteiger charge is -2.12. The summed E-state index contributed by atoms with van der Waals surface area (Å²) in [6.45, 7) is 0. The molecule has 0 atom stereocenters. The quantitative estimate of drug-likeness (QED) is 0.620. The Morgan fingerprint density at radius 1 is 1.04 bits per heavy atom. The van der Waals surface area contributed by atoms with Gasteiger partial charge in [0.15, 0.2) is 0 Å². The van der Waals surface area contributed by atoms with E-state index in [2.05, 4.69) is 10.0 Å². The number of ether oxygens (including phenoxy) is 1. The molecule has 0 aliphatic heterocycles. The van der Waals surface area contributed by atoms with Crippen molar-refractivity contribution in [3.05, 3.63) is 65.0 Å². The van der Waals surface area contributed by atoms with E-state index >= 15 is 0 Å². The third-order valence-electron chi connectivity index (χ3n) is 3.34. The number of halogens is 1. The molecule has 0 aliphatic rings. The van der Waals surface area contributed by atoms with Crippen molar-refractivity contribution < 1.29 is 13.2 Å². The largest absolute Gasteiger partial charge is 0.495 e. The predicted molar refractivity (Wildman–Crippen MR) is 103 cm³/mol. The maximum Gasteiger partial charge on any atom is 0.271 e. The van der Waals surface area contributed by atoms with E-state index in [1.54, 1.807) is 67.1 Å². The average Bonchev–Trinajstić information content (AvgIpc) is 3.12. The molecule has 0 amide bonds.